The molecule has 1 saturated heterocycles. The number of amides is 1. The zero-order chi connectivity index (χ0) is 16.6. The van der Waals surface area contributed by atoms with Gasteiger partial charge in [-0.05, 0) is 31.9 Å². The summed E-state index contributed by atoms with van der Waals surface area (Å²) in [5.41, 5.74) is 7.26. The first kappa shape index (κ1) is 16.3. The van der Waals surface area contributed by atoms with E-state index in [0.717, 1.165) is 12.8 Å². The average molecular weight is 354 g/mol. The van der Waals surface area contributed by atoms with Gasteiger partial charge in [0.2, 0.25) is 0 Å². The second-order valence-electron chi connectivity index (χ2n) is 5.71. The summed E-state index contributed by atoms with van der Waals surface area (Å²) in [6.45, 7) is 2.91. The molecule has 5 nitrogen and oxygen atoms in total. The molecule has 1 aliphatic rings. The fraction of sp³-hybridized carbons (Fsp3) is 0.375. The lowest BCUT2D eigenvalue weighted by Gasteiger charge is -2.30. The number of halogens is 2. The fourth-order valence-corrected chi connectivity index (χ4v) is 3.45. The zero-order valence-electron chi connectivity index (χ0n) is 12.7. The number of aromatic nitrogens is 1. The molecular formula is C16H17Cl2N3O2. The molecule has 2 heterocycles. The summed E-state index contributed by atoms with van der Waals surface area (Å²) in [7, 11) is 0. The molecule has 1 aromatic carbocycles. The number of carbonyl (C=O) groups is 1. The van der Waals surface area contributed by atoms with Gasteiger partial charge in [0.15, 0.2) is 0 Å². The highest BCUT2D eigenvalue weighted by Gasteiger charge is 2.30. The molecule has 1 aromatic heterocycles. The number of hydrogen-bond donors (Lipinski definition) is 1. The van der Waals surface area contributed by atoms with Crippen LogP contribution < -0.4 is 5.73 Å². The summed E-state index contributed by atoms with van der Waals surface area (Å²) >= 11 is 12.5. The predicted molar refractivity (Wildman–Crippen MR) is 89.8 cm³/mol. The second-order valence-corrected chi connectivity index (χ2v) is 6.53. The van der Waals surface area contributed by atoms with E-state index in [4.69, 9.17) is 33.5 Å². The van der Waals surface area contributed by atoms with Crippen LogP contribution in [0.4, 0.5) is 0 Å². The highest BCUT2D eigenvalue weighted by Crippen LogP contribution is 2.37. The lowest BCUT2D eigenvalue weighted by atomic mass is 10.0. The van der Waals surface area contributed by atoms with Crippen LogP contribution in [0.5, 0.6) is 0 Å². The Kier molecular flexibility index (Phi) is 4.62. The van der Waals surface area contributed by atoms with Crippen LogP contribution in [0.1, 0.15) is 29.0 Å². The van der Waals surface area contributed by atoms with Gasteiger partial charge in [0.25, 0.3) is 5.91 Å². The molecule has 1 unspecified atom stereocenters. The maximum absolute atomic E-state index is 12.9. The molecule has 0 spiro atoms. The Balaban J connectivity index is 2.04. The van der Waals surface area contributed by atoms with Crippen molar-refractivity contribution >= 4 is 29.1 Å². The van der Waals surface area contributed by atoms with Gasteiger partial charge in [-0.2, -0.15) is 0 Å². The van der Waals surface area contributed by atoms with Crippen molar-refractivity contribution in [2.75, 3.05) is 13.1 Å². The maximum Gasteiger partial charge on any atom is 0.259 e. The van der Waals surface area contributed by atoms with E-state index in [9.17, 15) is 4.79 Å². The van der Waals surface area contributed by atoms with Crippen molar-refractivity contribution in [1.29, 1.82) is 0 Å². The summed E-state index contributed by atoms with van der Waals surface area (Å²) in [6.07, 6.45) is 1.81. The van der Waals surface area contributed by atoms with Crippen molar-refractivity contribution in [3.05, 3.63) is 39.6 Å². The van der Waals surface area contributed by atoms with Gasteiger partial charge in [-0.1, -0.05) is 34.4 Å². The van der Waals surface area contributed by atoms with E-state index in [1.165, 1.54) is 0 Å². The molecule has 1 aliphatic heterocycles. The molecule has 0 bridgehead atoms. The zero-order valence-corrected chi connectivity index (χ0v) is 14.2. The normalized spacial score (nSPS) is 18.3. The van der Waals surface area contributed by atoms with Crippen LogP contribution in [-0.4, -0.2) is 35.1 Å². The van der Waals surface area contributed by atoms with Gasteiger partial charge < -0.3 is 15.2 Å². The minimum Gasteiger partial charge on any atom is -0.360 e. The van der Waals surface area contributed by atoms with Crippen molar-refractivity contribution in [3.8, 4) is 11.3 Å². The minimum atomic E-state index is -0.148. The molecule has 23 heavy (non-hydrogen) atoms. The minimum absolute atomic E-state index is 0.000201. The van der Waals surface area contributed by atoms with Gasteiger partial charge in [0.05, 0.1) is 10.0 Å². The number of nitrogens with two attached hydrogens (primary N) is 1. The van der Waals surface area contributed by atoms with E-state index < -0.39 is 0 Å². The summed E-state index contributed by atoms with van der Waals surface area (Å²) in [5, 5.41) is 4.87. The molecule has 122 valence electrons. The van der Waals surface area contributed by atoms with Crippen molar-refractivity contribution in [1.82, 2.24) is 10.1 Å². The van der Waals surface area contributed by atoms with Crippen LogP contribution in [0, 0.1) is 6.92 Å². The van der Waals surface area contributed by atoms with Crippen molar-refractivity contribution in [2.24, 2.45) is 5.73 Å². The summed E-state index contributed by atoms with van der Waals surface area (Å²) in [4.78, 5) is 14.7. The Morgan fingerprint density at radius 2 is 2.09 bits per heavy atom. The van der Waals surface area contributed by atoms with Gasteiger partial charge in [-0.25, -0.2) is 0 Å². The Labute approximate surface area is 144 Å². The third-order valence-corrected chi connectivity index (χ3v) is 4.65. The maximum atomic E-state index is 12.9. The summed E-state index contributed by atoms with van der Waals surface area (Å²) in [5.74, 6) is 0.296. The number of benzene rings is 1. The Bertz CT molecular complexity index is 725. The molecule has 2 aromatic rings. The molecule has 3 rings (SSSR count). The first-order valence-electron chi connectivity index (χ1n) is 7.44. The third kappa shape index (κ3) is 3.09. The lowest BCUT2D eigenvalue weighted by Crippen LogP contribution is -2.45. The van der Waals surface area contributed by atoms with E-state index >= 15 is 0 Å². The first-order valence-corrected chi connectivity index (χ1v) is 8.20. The molecular weight excluding hydrogens is 337 g/mol. The van der Waals surface area contributed by atoms with E-state index in [0.29, 0.717) is 45.7 Å². The number of likely N-dealkylation sites (tertiary alicyclic amines) is 1. The van der Waals surface area contributed by atoms with E-state index in [1.54, 1.807) is 30.0 Å². The van der Waals surface area contributed by atoms with Gasteiger partial charge in [-0.3, -0.25) is 4.79 Å². The van der Waals surface area contributed by atoms with Crippen molar-refractivity contribution in [3.63, 3.8) is 0 Å². The quantitative estimate of drug-likeness (QED) is 0.896. The molecule has 7 heteroatoms. The van der Waals surface area contributed by atoms with Crippen LogP contribution in [-0.2, 0) is 0 Å². The largest absolute Gasteiger partial charge is 0.360 e. The van der Waals surface area contributed by atoms with Crippen LogP contribution in [0.15, 0.2) is 22.7 Å². The topological polar surface area (TPSA) is 72.4 Å². The van der Waals surface area contributed by atoms with Crippen LogP contribution in [0.2, 0.25) is 10.0 Å². The van der Waals surface area contributed by atoms with Crippen molar-refractivity contribution < 1.29 is 9.32 Å². The monoisotopic (exact) mass is 353 g/mol. The van der Waals surface area contributed by atoms with Crippen LogP contribution in [0.3, 0.4) is 0 Å². The summed E-state index contributed by atoms with van der Waals surface area (Å²) in [6, 6.07) is 5.15. The molecule has 1 atom stereocenters. The lowest BCUT2D eigenvalue weighted by molar-refractivity contribution is 0.0707. The highest BCUT2D eigenvalue weighted by atomic mass is 35.5. The van der Waals surface area contributed by atoms with Crippen LogP contribution in [0.25, 0.3) is 11.3 Å². The van der Waals surface area contributed by atoms with E-state index in [1.807, 2.05) is 0 Å². The number of hydrogen-bond acceptors (Lipinski definition) is 4. The second kappa shape index (κ2) is 6.51. The van der Waals surface area contributed by atoms with Gasteiger partial charge in [0.1, 0.15) is 17.0 Å². The van der Waals surface area contributed by atoms with E-state index in [2.05, 4.69) is 5.16 Å². The SMILES string of the molecule is Cc1onc(-c2c(Cl)cccc2Cl)c1C(=O)N1CCCC(N)C1. The number of nitrogens with zero attached hydrogens (tertiary/aromatic N) is 2. The standard InChI is InChI=1S/C16H17Cl2N3O2/c1-9-13(16(22)21-7-3-4-10(19)8-21)15(20-23-9)14-11(17)5-2-6-12(14)18/h2,5-6,10H,3-4,7-8,19H2,1H3. The number of carbonyl (C=O) groups excluding carboxylic acids is 1. The summed E-state index contributed by atoms with van der Waals surface area (Å²) < 4.78 is 5.25. The fourth-order valence-electron chi connectivity index (χ4n) is 2.87. The predicted octanol–water partition coefficient (Wildman–Crippen LogP) is 3.52. The Hall–Kier alpha value is -1.56. The number of aryl methyl sites for hydroxylation is 1. The number of piperidine rings is 1. The van der Waals surface area contributed by atoms with Crippen LogP contribution >= 0.6 is 23.2 Å². The molecule has 1 fully saturated rings. The Morgan fingerprint density at radius 1 is 1.39 bits per heavy atom. The molecule has 0 aliphatic carbocycles. The highest BCUT2D eigenvalue weighted by molar-refractivity contribution is 6.39. The molecule has 2 N–H and O–H groups in total. The number of rotatable bonds is 2. The first-order chi connectivity index (χ1) is 11.0. The van der Waals surface area contributed by atoms with E-state index in [-0.39, 0.29) is 11.9 Å². The van der Waals surface area contributed by atoms with Gasteiger partial charge in [0, 0.05) is 24.7 Å². The third-order valence-electron chi connectivity index (χ3n) is 4.02. The Morgan fingerprint density at radius 3 is 2.74 bits per heavy atom. The van der Waals surface area contributed by atoms with Crippen molar-refractivity contribution in [2.45, 2.75) is 25.8 Å². The average Bonchev–Trinajstić information content (AvgIpc) is 2.88. The smallest absolute Gasteiger partial charge is 0.259 e. The molecule has 0 saturated carbocycles. The van der Waals surface area contributed by atoms with Gasteiger partial charge >= 0.3 is 0 Å². The van der Waals surface area contributed by atoms with Gasteiger partial charge in [-0.15, -0.1) is 0 Å². The molecule has 0 radical (unpaired) electrons. The molecule has 1 amide bonds.